The lowest BCUT2D eigenvalue weighted by Crippen LogP contribution is -2.44. The van der Waals surface area contributed by atoms with E-state index in [2.05, 4.69) is 11.9 Å². The van der Waals surface area contributed by atoms with Crippen LogP contribution in [0, 0.1) is 0 Å². The summed E-state index contributed by atoms with van der Waals surface area (Å²) in [6, 6.07) is 7.98. The topological polar surface area (TPSA) is 79.2 Å². The van der Waals surface area contributed by atoms with Gasteiger partial charge in [0.1, 0.15) is 0 Å². The maximum absolute atomic E-state index is 12.6. The predicted molar refractivity (Wildman–Crippen MR) is 133 cm³/mol. The Balaban J connectivity index is 1.47. The van der Waals surface area contributed by atoms with Crippen LogP contribution in [0.15, 0.2) is 35.0 Å². The summed E-state index contributed by atoms with van der Waals surface area (Å²) in [5.41, 5.74) is -1.42. The second-order valence-corrected chi connectivity index (χ2v) is 10.6. The van der Waals surface area contributed by atoms with Crippen LogP contribution in [0.1, 0.15) is 61.1 Å². The van der Waals surface area contributed by atoms with Crippen LogP contribution in [-0.4, -0.2) is 66.6 Å². The number of rotatable bonds is 15. The summed E-state index contributed by atoms with van der Waals surface area (Å²) in [4.78, 5) is 16.4. The Morgan fingerprint density at radius 3 is 2.21 bits per heavy atom. The first-order valence-electron chi connectivity index (χ1n) is 12.0. The average Bonchev–Trinajstić information content (AvgIpc) is 3.54. The predicted octanol–water partition coefficient (Wildman–Crippen LogP) is 4.97. The fourth-order valence-electron chi connectivity index (χ4n) is 4.47. The van der Waals surface area contributed by atoms with Crippen LogP contribution in [0.4, 0.5) is 0 Å². The van der Waals surface area contributed by atoms with Gasteiger partial charge < -0.3 is 24.6 Å². The summed E-state index contributed by atoms with van der Waals surface area (Å²) in [6.45, 7) is 2.68. The van der Waals surface area contributed by atoms with Crippen molar-refractivity contribution in [3.8, 4) is 0 Å². The highest BCUT2D eigenvalue weighted by atomic mass is 32.1. The second-order valence-electron chi connectivity index (χ2n) is 8.72. The van der Waals surface area contributed by atoms with Crippen molar-refractivity contribution in [1.82, 2.24) is 4.90 Å². The second kappa shape index (κ2) is 13.6. The Morgan fingerprint density at radius 1 is 1.03 bits per heavy atom. The fraction of sp³-hybridized carbons (Fsp3) is 0.640. The smallest absolute Gasteiger partial charge is 0.347 e. The Kier molecular flexibility index (Phi) is 10.8. The summed E-state index contributed by atoms with van der Waals surface area (Å²) in [6.07, 6.45) is 7.71. The summed E-state index contributed by atoms with van der Waals surface area (Å²) >= 11 is 2.87. The molecule has 33 heavy (non-hydrogen) atoms. The molecule has 3 rings (SSSR count). The zero-order valence-electron chi connectivity index (χ0n) is 19.5. The largest absolute Gasteiger partial charge is 0.479 e. The number of hydrogen-bond donors (Lipinski definition) is 2. The number of carboxylic acids is 1. The number of aliphatic carboxylic acids is 1. The van der Waals surface area contributed by atoms with E-state index in [0.29, 0.717) is 6.04 Å². The highest BCUT2D eigenvalue weighted by Crippen LogP contribution is 2.42. The Morgan fingerprint density at radius 2 is 1.67 bits per heavy atom. The lowest BCUT2D eigenvalue weighted by molar-refractivity contribution is -0.170. The molecule has 0 amide bonds. The van der Waals surface area contributed by atoms with Gasteiger partial charge in [0.15, 0.2) is 0 Å². The normalized spacial score (nSPS) is 19.2. The van der Waals surface area contributed by atoms with E-state index in [0.717, 1.165) is 80.9 Å². The van der Waals surface area contributed by atoms with Gasteiger partial charge in [-0.15, -0.1) is 22.7 Å². The van der Waals surface area contributed by atoms with E-state index >= 15 is 0 Å². The van der Waals surface area contributed by atoms with Crippen LogP contribution < -0.4 is 0 Å². The zero-order chi connectivity index (χ0) is 23.5. The van der Waals surface area contributed by atoms with Crippen molar-refractivity contribution in [2.75, 3.05) is 33.4 Å². The maximum atomic E-state index is 12.6. The van der Waals surface area contributed by atoms with Gasteiger partial charge in [-0.05, 0) is 68.5 Å². The van der Waals surface area contributed by atoms with Crippen LogP contribution in [0.25, 0.3) is 0 Å². The average molecular weight is 496 g/mol. The molecule has 6 nitrogen and oxygen atoms in total. The molecule has 0 atom stereocenters. The molecule has 1 fully saturated rings. The molecule has 8 heteroatoms. The molecule has 0 saturated heterocycles. The van der Waals surface area contributed by atoms with E-state index < -0.39 is 11.6 Å². The number of ether oxygens (including phenoxy) is 2. The molecular weight excluding hydrogens is 458 g/mol. The number of nitrogens with zero attached hydrogens (tertiary/aromatic N) is 1. The van der Waals surface area contributed by atoms with Crippen LogP contribution in [0.3, 0.4) is 0 Å². The highest BCUT2D eigenvalue weighted by molar-refractivity contribution is 7.12. The minimum absolute atomic E-state index is 0.0786. The molecule has 184 valence electrons. The van der Waals surface area contributed by atoms with E-state index in [1.54, 1.807) is 0 Å². The Bertz CT molecular complexity index is 754. The molecule has 2 aromatic heterocycles. The molecule has 2 aromatic rings. The Labute approximate surface area is 205 Å². The lowest BCUT2D eigenvalue weighted by Gasteiger charge is -2.38. The van der Waals surface area contributed by atoms with E-state index in [1.165, 1.54) is 22.7 Å². The number of unbranched alkanes of at least 4 members (excludes halogenated alkanes) is 3. The fourth-order valence-corrected chi connectivity index (χ4v) is 6.28. The van der Waals surface area contributed by atoms with Crippen molar-refractivity contribution in [2.24, 2.45) is 0 Å². The van der Waals surface area contributed by atoms with Gasteiger partial charge in [0.2, 0.25) is 5.60 Å². The Hall–Kier alpha value is -1.29. The minimum atomic E-state index is -1.42. The molecule has 1 aliphatic rings. The van der Waals surface area contributed by atoms with Gasteiger partial charge in [-0.25, -0.2) is 4.79 Å². The van der Waals surface area contributed by atoms with Gasteiger partial charge >= 0.3 is 5.97 Å². The van der Waals surface area contributed by atoms with E-state index in [4.69, 9.17) is 14.6 Å². The number of carbonyl (C=O) groups is 1. The standard InChI is InChI=1S/C25H37NO5S2/c1-26(14-17-30-16-5-3-2-4-15-27)20-10-12-21(13-11-20)31-25(24(28)29,22-8-6-18-32-22)23-9-7-19-33-23/h6-9,18-21,27H,2-5,10-17H2,1H3,(H,28,29)/t20-,21-. The number of carboxylic acid groups (broad SMARTS) is 1. The van der Waals surface area contributed by atoms with E-state index in [9.17, 15) is 9.90 Å². The first kappa shape index (κ1) is 26.3. The van der Waals surface area contributed by atoms with Gasteiger partial charge in [0.25, 0.3) is 0 Å². The van der Waals surface area contributed by atoms with E-state index in [-0.39, 0.29) is 12.7 Å². The molecular formula is C25H37NO5S2. The number of aliphatic hydroxyl groups excluding tert-OH is 1. The summed E-state index contributed by atoms with van der Waals surface area (Å²) < 4.78 is 12.3. The zero-order valence-corrected chi connectivity index (χ0v) is 21.1. The molecule has 1 saturated carbocycles. The van der Waals surface area contributed by atoms with Crippen LogP contribution in [0.2, 0.25) is 0 Å². The molecule has 2 N–H and O–H groups in total. The number of likely N-dealkylation sites (N-methyl/N-ethyl adjacent to an activating group) is 1. The summed E-state index contributed by atoms with van der Waals surface area (Å²) in [5.74, 6) is -0.944. The minimum Gasteiger partial charge on any atom is -0.479 e. The van der Waals surface area contributed by atoms with Crippen LogP contribution in [-0.2, 0) is 19.9 Å². The third kappa shape index (κ3) is 7.10. The molecule has 0 unspecified atom stereocenters. The summed E-state index contributed by atoms with van der Waals surface area (Å²) in [7, 11) is 2.15. The monoisotopic (exact) mass is 495 g/mol. The van der Waals surface area contributed by atoms with Crippen molar-refractivity contribution in [3.63, 3.8) is 0 Å². The molecule has 0 radical (unpaired) electrons. The number of thiophene rings is 2. The molecule has 0 spiro atoms. The quantitative estimate of drug-likeness (QED) is 0.340. The first-order chi connectivity index (χ1) is 16.1. The van der Waals surface area contributed by atoms with Crippen molar-refractivity contribution in [2.45, 2.75) is 69.1 Å². The molecule has 0 aromatic carbocycles. The molecule has 2 heterocycles. The van der Waals surface area contributed by atoms with E-state index in [1.807, 2.05) is 35.0 Å². The molecule has 1 aliphatic carbocycles. The van der Waals surface area contributed by atoms with Crippen LogP contribution in [0.5, 0.6) is 0 Å². The van der Waals surface area contributed by atoms with Crippen molar-refractivity contribution < 1.29 is 24.5 Å². The lowest BCUT2D eigenvalue weighted by atomic mass is 9.90. The third-order valence-corrected chi connectivity index (χ3v) is 8.37. The van der Waals surface area contributed by atoms with Crippen molar-refractivity contribution >= 4 is 28.6 Å². The number of hydrogen-bond acceptors (Lipinski definition) is 7. The molecule has 0 bridgehead atoms. The van der Waals surface area contributed by atoms with Gasteiger partial charge in [-0.2, -0.15) is 0 Å². The van der Waals surface area contributed by atoms with Gasteiger partial charge in [-0.3, -0.25) is 0 Å². The maximum Gasteiger partial charge on any atom is 0.347 e. The highest BCUT2D eigenvalue weighted by Gasteiger charge is 2.48. The van der Waals surface area contributed by atoms with Gasteiger partial charge in [-0.1, -0.05) is 25.0 Å². The first-order valence-corrected chi connectivity index (χ1v) is 13.7. The number of aliphatic hydroxyl groups is 1. The van der Waals surface area contributed by atoms with Crippen molar-refractivity contribution in [3.05, 3.63) is 44.8 Å². The van der Waals surface area contributed by atoms with Crippen molar-refractivity contribution in [1.29, 1.82) is 0 Å². The molecule has 0 aliphatic heterocycles. The van der Waals surface area contributed by atoms with Gasteiger partial charge in [0, 0.05) is 25.8 Å². The third-order valence-electron chi connectivity index (χ3n) is 6.43. The SMILES string of the molecule is CN(CCOCCCCCCO)[C@H]1CC[C@H](OC(C(=O)O)(c2cccs2)c2cccs2)CC1. The summed E-state index contributed by atoms with van der Waals surface area (Å²) in [5, 5.41) is 22.9. The van der Waals surface area contributed by atoms with Crippen LogP contribution >= 0.6 is 22.7 Å². The van der Waals surface area contributed by atoms with Gasteiger partial charge in [0.05, 0.1) is 22.5 Å².